The van der Waals surface area contributed by atoms with E-state index in [1.54, 1.807) is 31.5 Å². The average molecular weight is 408 g/mol. The second-order valence-electron chi connectivity index (χ2n) is 5.18. The number of nitrogens with one attached hydrogen (secondary N) is 2. The Hall–Kier alpha value is -2.45. The molecule has 25 heavy (non-hydrogen) atoms. The van der Waals surface area contributed by atoms with Crippen LogP contribution in [0.4, 0.5) is 10.1 Å². The third-order valence-corrected chi connectivity index (χ3v) is 3.90. The molecule has 1 aromatic carbocycles. The Labute approximate surface area is 151 Å². The van der Waals surface area contributed by atoms with Crippen molar-refractivity contribution >= 4 is 38.4 Å². The largest absolute Gasteiger partial charge is 0.474 e. The molecule has 3 aromatic rings. The summed E-state index contributed by atoms with van der Waals surface area (Å²) >= 11 is 3.23. The number of hydrogen-bond donors (Lipinski definition) is 2. The zero-order valence-corrected chi connectivity index (χ0v) is 14.9. The lowest BCUT2D eigenvalue weighted by Gasteiger charge is -2.10. The van der Waals surface area contributed by atoms with Crippen molar-refractivity contribution < 1.29 is 18.7 Å². The summed E-state index contributed by atoms with van der Waals surface area (Å²) in [5, 5.41) is 3.06. The van der Waals surface area contributed by atoms with Gasteiger partial charge in [0, 0.05) is 23.2 Å². The van der Waals surface area contributed by atoms with Crippen molar-refractivity contribution in [3.8, 4) is 5.88 Å². The van der Waals surface area contributed by atoms with E-state index >= 15 is 0 Å². The third-order valence-electron chi connectivity index (χ3n) is 3.44. The number of halogens is 2. The van der Waals surface area contributed by atoms with Crippen LogP contribution in [0, 0.1) is 5.82 Å². The molecule has 3 rings (SSSR count). The molecule has 0 unspecified atom stereocenters. The van der Waals surface area contributed by atoms with Gasteiger partial charge in [-0.25, -0.2) is 9.37 Å². The van der Waals surface area contributed by atoms with Gasteiger partial charge in [0.1, 0.15) is 23.8 Å². The quantitative estimate of drug-likeness (QED) is 0.610. The topological polar surface area (TPSA) is 76.2 Å². The summed E-state index contributed by atoms with van der Waals surface area (Å²) in [6.45, 7) is 0.710. The summed E-state index contributed by atoms with van der Waals surface area (Å²) in [6, 6.07) is 7.88. The number of carbonyl (C=O) groups excluding carboxylic acids is 1. The molecule has 0 aliphatic rings. The number of amides is 1. The van der Waals surface area contributed by atoms with Crippen LogP contribution in [0.25, 0.3) is 10.9 Å². The maximum absolute atomic E-state index is 14.0. The van der Waals surface area contributed by atoms with Crippen LogP contribution in [0.5, 0.6) is 5.88 Å². The number of hydrogen-bond acceptors (Lipinski definition) is 4. The smallest absolute Gasteiger partial charge is 0.272 e. The zero-order chi connectivity index (χ0) is 17.8. The van der Waals surface area contributed by atoms with Gasteiger partial charge >= 0.3 is 0 Å². The number of aromatic amines is 1. The molecule has 8 heteroatoms. The van der Waals surface area contributed by atoms with E-state index in [4.69, 9.17) is 9.47 Å². The molecule has 1 amide bonds. The van der Waals surface area contributed by atoms with E-state index in [1.165, 1.54) is 12.1 Å². The second kappa shape index (κ2) is 7.62. The van der Waals surface area contributed by atoms with E-state index in [1.807, 2.05) is 0 Å². The van der Waals surface area contributed by atoms with Crippen molar-refractivity contribution in [1.29, 1.82) is 0 Å². The molecule has 6 nitrogen and oxygen atoms in total. The minimum atomic E-state index is -0.420. The van der Waals surface area contributed by atoms with E-state index in [-0.39, 0.29) is 11.6 Å². The molecule has 0 radical (unpaired) electrons. The van der Waals surface area contributed by atoms with Gasteiger partial charge in [-0.05, 0) is 30.3 Å². The first-order chi connectivity index (χ1) is 12.1. The number of H-pyrrole nitrogens is 1. The summed E-state index contributed by atoms with van der Waals surface area (Å²) in [4.78, 5) is 19.5. The normalized spacial score (nSPS) is 10.8. The number of pyridine rings is 1. The Morgan fingerprint density at radius 3 is 3.00 bits per heavy atom. The number of nitrogens with zero attached hydrogens (tertiary/aromatic N) is 1. The number of ether oxygens (including phenoxy) is 2. The predicted molar refractivity (Wildman–Crippen MR) is 95.5 cm³/mol. The predicted octanol–water partition coefficient (Wildman–Crippen LogP) is 3.74. The Bertz CT molecular complexity index is 913. The number of fused-ring (bicyclic) bond motifs is 1. The molecule has 0 aliphatic heterocycles. The summed E-state index contributed by atoms with van der Waals surface area (Å²) in [7, 11) is 1.57. The van der Waals surface area contributed by atoms with Crippen LogP contribution in [0.3, 0.4) is 0 Å². The van der Waals surface area contributed by atoms with E-state index < -0.39 is 11.7 Å². The van der Waals surface area contributed by atoms with Gasteiger partial charge < -0.3 is 19.8 Å². The molecule has 2 heterocycles. The zero-order valence-electron chi connectivity index (χ0n) is 13.3. The number of carbonyl (C=O) groups is 1. The van der Waals surface area contributed by atoms with Gasteiger partial charge in [0.2, 0.25) is 5.88 Å². The third kappa shape index (κ3) is 3.97. The molecule has 0 spiro atoms. The van der Waals surface area contributed by atoms with Crippen molar-refractivity contribution in [3.63, 3.8) is 0 Å². The van der Waals surface area contributed by atoms with E-state index in [0.717, 1.165) is 0 Å². The van der Waals surface area contributed by atoms with E-state index in [2.05, 4.69) is 31.2 Å². The summed E-state index contributed by atoms with van der Waals surface area (Å²) < 4.78 is 25.0. The van der Waals surface area contributed by atoms with Gasteiger partial charge in [0.25, 0.3) is 5.91 Å². The highest BCUT2D eigenvalue weighted by atomic mass is 79.9. The van der Waals surface area contributed by atoms with Gasteiger partial charge in [0.05, 0.1) is 12.1 Å². The van der Waals surface area contributed by atoms with Crippen molar-refractivity contribution in [2.45, 2.75) is 0 Å². The van der Waals surface area contributed by atoms with Crippen LogP contribution < -0.4 is 10.1 Å². The molecular formula is C17H15BrFN3O3. The van der Waals surface area contributed by atoms with Crippen molar-refractivity contribution in [2.75, 3.05) is 25.6 Å². The minimum absolute atomic E-state index is 0.235. The molecule has 2 N–H and O–H groups in total. The number of anilines is 1. The molecule has 0 bridgehead atoms. The van der Waals surface area contributed by atoms with E-state index in [9.17, 15) is 9.18 Å². The van der Waals surface area contributed by atoms with Crippen LogP contribution in [-0.4, -0.2) is 36.2 Å². The second-order valence-corrected chi connectivity index (χ2v) is 6.10. The first-order valence-corrected chi connectivity index (χ1v) is 8.23. The van der Waals surface area contributed by atoms with Crippen LogP contribution in [0.1, 0.15) is 10.5 Å². The highest BCUT2D eigenvalue weighted by Gasteiger charge is 2.15. The lowest BCUT2D eigenvalue weighted by Crippen LogP contribution is -2.14. The van der Waals surface area contributed by atoms with Crippen molar-refractivity contribution in [2.24, 2.45) is 0 Å². The Balaban J connectivity index is 1.82. The molecule has 0 saturated heterocycles. The van der Waals surface area contributed by atoms with Gasteiger partial charge in [-0.2, -0.15) is 0 Å². The Morgan fingerprint density at radius 2 is 2.20 bits per heavy atom. The maximum Gasteiger partial charge on any atom is 0.272 e. The summed E-state index contributed by atoms with van der Waals surface area (Å²) in [5.41, 5.74) is 1.18. The molecule has 0 atom stereocenters. The molecule has 0 saturated carbocycles. The first kappa shape index (κ1) is 17.4. The lowest BCUT2D eigenvalue weighted by molar-refractivity contribution is 0.102. The van der Waals surface area contributed by atoms with Crippen LogP contribution in [0.15, 0.2) is 41.0 Å². The van der Waals surface area contributed by atoms with Crippen LogP contribution in [-0.2, 0) is 4.74 Å². The maximum atomic E-state index is 14.0. The summed E-state index contributed by atoms with van der Waals surface area (Å²) in [6.07, 6.45) is 1.56. The first-order valence-electron chi connectivity index (χ1n) is 7.44. The fraction of sp³-hybridized carbons (Fsp3) is 0.176. The van der Waals surface area contributed by atoms with Crippen LogP contribution in [0.2, 0.25) is 0 Å². The number of rotatable bonds is 6. The van der Waals surface area contributed by atoms with E-state index in [0.29, 0.717) is 34.3 Å². The standard InChI is InChI=1S/C17H15BrFN3O3/c1-24-5-6-25-17-13(3-2-4-20-17)22-16(23)15-9-11-12(19)7-10(18)8-14(11)21-15/h2-4,7-9,21H,5-6H2,1H3,(H,22,23). The number of aromatic nitrogens is 2. The Kier molecular flexibility index (Phi) is 5.30. The highest BCUT2D eigenvalue weighted by Crippen LogP contribution is 2.25. The minimum Gasteiger partial charge on any atom is -0.474 e. The lowest BCUT2D eigenvalue weighted by atomic mass is 10.2. The molecule has 0 aliphatic carbocycles. The van der Waals surface area contributed by atoms with Gasteiger partial charge in [-0.1, -0.05) is 15.9 Å². The summed E-state index contributed by atoms with van der Waals surface area (Å²) in [5.74, 6) is -0.543. The molecule has 2 aromatic heterocycles. The van der Waals surface area contributed by atoms with Gasteiger partial charge in [0.15, 0.2) is 0 Å². The molecule has 0 fully saturated rings. The van der Waals surface area contributed by atoms with Crippen LogP contribution >= 0.6 is 15.9 Å². The fourth-order valence-corrected chi connectivity index (χ4v) is 2.72. The highest BCUT2D eigenvalue weighted by molar-refractivity contribution is 9.10. The SMILES string of the molecule is COCCOc1ncccc1NC(=O)c1cc2c(F)cc(Br)cc2[nH]1. The number of benzene rings is 1. The fourth-order valence-electron chi connectivity index (χ4n) is 2.29. The van der Waals surface area contributed by atoms with Crippen molar-refractivity contribution in [1.82, 2.24) is 9.97 Å². The molecule has 130 valence electrons. The average Bonchev–Trinajstić information content (AvgIpc) is 3.01. The number of methoxy groups -OCH3 is 1. The Morgan fingerprint density at radius 1 is 1.36 bits per heavy atom. The van der Waals surface area contributed by atoms with Gasteiger partial charge in [-0.15, -0.1) is 0 Å². The monoisotopic (exact) mass is 407 g/mol. The molecular weight excluding hydrogens is 393 g/mol. The van der Waals surface area contributed by atoms with Gasteiger partial charge in [-0.3, -0.25) is 4.79 Å². The van der Waals surface area contributed by atoms with Crippen molar-refractivity contribution in [3.05, 3.63) is 52.5 Å².